The van der Waals surface area contributed by atoms with Crippen molar-refractivity contribution in [3.05, 3.63) is 35.4 Å². The molecular weight excluding hydrogens is 376 g/mol. The second kappa shape index (κ2) is 10.2. The molecule has 7 nitrogen and oxygen atoms in total. The van der Waals surface area contributed by atoms with E-state index in [9.17, 15) is 9.59 Å². The Morgan fingerprint density at radius 1 is 0.862 bits per heavy atom. The summed E-state index contributed by atoms with van der Waals surface area (Å²) in [7, 11) is 0. The van der Waals surface area contributed by atoms with Gasteiger partial charge in [-0.05, 0) is 25.5 Å². The molecule has 1 aliphatic heterocycles. The van der Waals surface area contributed by atoms with Crippen LogP contribution in [0, 0.1) is 0 Å². The van der Waals surface area contributed by atoms with Crippen molar-refractivity contribution in [3.63, 3.8) is 0 Å². The van der Waals surface area contributed by atoms with Crippen molar-refractivity contribution in [1.29, 1.82) is 0 Å². The number of carbonyl (C=O) groups excluding carboxylic acids is 2. The molecule has 0 saturated heterocycles. The molecule has 0 radical (unpaired) electrons. The van der Waals surface area contributed by atoms with Crippen LogP contribution in [-0.2, 0) is 14.2 Å². The average molecular weight is 402 g/mol. The lowest BCUT2D eigenvalue weighted by molar-refractivity contribution is 0.0357. The van der Waals surface area contributed by atoms with E-state index in [1.807, 2.05) is 19.1 Å². The molecular formula is C22H26O7. The molecule has 2 aromatic carbocycles. The van der Waals surface area contributed by atoms with Crippen molar-refractivity contribution in [2.45, 2.75) is 26.7 Å². The minimum absolute atomic E-state index is 0.174. The van der Waals surface area contributed by atoms with Crippen LogP contribution in [0.2, 0.25) is 0 Å². The molecule has 0 atom stereocenters. The first-order valence-corrected chi connectivity index (χ1v) is 9.94. The fourth-order valence-corrected chi connectivity index (χ4v) is 3.12. The van der Waals surface area contributed by atoms with Crippen molar-refractivity contribution < 1.29 is 33.3 Å². The first kappa shape index (κ1) is 21.1. The smallest absolute Gasteiger partial charge is 0.350 e. The highest BCUT2D eigenvalue weighted by Gasteiger charge is 2.35. The number of ether oxygens (including phenoxy) is 5. The van der Waals surface area contributed by atoms with E-state index in [0.29, 0.717) is 55.3 Å². The first-order valence-electron chi connectivity index (χ1n) is 9.94. The Morgan fingerprint density at radius 3 is 2.38 bits per heavy atom. The molecule has 0 unspecified atom stereocenters. The second-order valence-electron chi connectivity index (χ2n) is 6.52. The largest absolute Gasteiger partial charge is 0.492 e. The number of fused-ring (bicyclic) bond motifs is 2. The van der Waals surface area contributed by atoms with Gasteiger partial charge in [0, 0.05) is 17.4 Å². The molecule has 0 aromatic heterocycles. The molecule has 0 aliphatic carbocycles. The van der Waals surface area contributed by atoms with Crippen LogP contribution in [0.5, 0.6) is 11.5 Å². The van der Waals surface area contributed by atoms with Crippen molar-refractivity contribution >= 4 is 22.7 Å². The third-order valence-corrected chi connectivity index (χ3v) is 4.49. The van der Waals surface area contributed by atoms with Gasteiger partial charge < -0.3 is 23.7 Å². The molecule has 7 heteroatoms. The minimum Gasteiger partial charge on any atom is -0.492 e. The summed E-state index contributed by atoms with van der Waals surface area (Å²) in [6.07, 6.45) is 2.16. The maximum absolute atomic E-state index is 12.1. The highest BCUT2D eigenvalue weighted by molar-refractivity contribution is 6.20. The summed E-state index contributed by atoms with van der Waals surface area (Å²) in [6.45, 7) is 6.88. The van der Waals surface area contributed by atoms with E-state index in [1.165, 1.54) is 0 Å². The van der Waals surface area contributed by atoms with Crippen LogP contribution < -0.4 is 9.47 Å². The monoisotopic (exact) mass is 402 g/mol. The number of benzene rings is 2. The zero-order valence-corrected chi connectivity index (χ0v) is 16.8. The van der Waals surface area contributed by atoms with Gasteiger partial charge in [0.15, 0.2) is 0 Å². The molecule has 0 bridgehead atoms. The zero-order chi connectivity index (χ0) is 20.6. The lowest BCUT2D eigenvalue weighted by Gasteiger charge is -2.14. The van der Waals surface area contributed by atoms with Crippen molar-refractivity contribution in [1.82, 2.24) is 0 Å². The summed E-state index contributed by atoms with van der Waals surface area (Å²) in [5.41, 5.74) is 0.371. The van der Waals surface area contributed by atoms with Gasteiger partial charge in [0.25, 0.3) is 0 Å². The molecule has 0 saturated carbocycles. The number of hydrogen-bond acceptors (Lipinski definition) is 7. The summed E-state index contributed by atoms with van der Waals surface area (Å²) in [4.78, 5) is 24.1. The van der Waals surface area contributed by atoms with Crippen LogP contribution in [-0.4, -0.2) is 51.6 Å². The number of unbranched alkanes of at least 4 members (excludes halogenated alkanes) is 1. The summed E-state index contributed by atoms with van der Waals surface area (Å²) in [6, 6.07) is 7.07. The Labute approximate surface area is 169 Å². The molecule has 0 N–H and O–H groups in total. The summed E-state index contributed by atoms with van der Waals surface area (Å²) >= 11 is 0. The quantitative estimate of drug-likeness (QED) is 0.304. The average Bonchev–Trinajstić information content (AvgIpc) is 3.00. The van der Waals surface area contributed by atoms with Crippen molar-refractivity contribution in [2.75, 3.05) is 39.6 Å². The highest BCUT2D eigenvalue weighted by atomic mass is 16.6. The summed E-state index contributed by atoms with van der Waals surface area (Å²) < 4.78 is 27.3. The van der Waals surface area contributed by atoms with Crippen LogP contribution in [0.15, 0.2) is 24.3 Å². The standard InChI is InChI=1S/C22H26O7/c1-3-5-9-25-10-11-26-12-13-28-18-8-6-7-15-16(18)14-17-19(20(15)27-4-2)22(24)29-21(17)23/h6-8,14H,3-5,9-13H2,1-2H3. The minimum atomic E-state index is -0.684. The van der Waals surface area contributed by atoms with Crippen LogP contribution in [0.4, 0.5) is 0 Å². The molecule has 1 heterocycles. The molecule has 29 heavy (non-hydrogen) atoms. The Balaban J connectivity index is 1.68. The molecule has 156 valence electrons. The Bertz CT molecular complexity index is 875. The Kier molecular flexibility index (Phi) is 7.43. The Hall–Kier alpha value is -2.64. The third kappa shape index (κ3) is 4.86. The molecule has 0 spiro atoms. The first-order chi connectivity index (χ1) is 14.2. The van der Waals surface area contributed by atoms with E-state index in [1.54, 1.807) is 12.1 Å². The topological polar surface area (TPSA) is 80.3 Å². The number of rotatable bonds is 12. The summed E-state index contributed by atoms with van der Waals surface area (Å²) in [5.74, 6) is -0.423. The normalized spacial score (nSPS) is 12.9. The second-order valence-corrected chi connectivity index (χ2v) is 6.52. The highest BCUT2D eigenvalue weighted by Crippen LogP contribution is 2.40. The third-order valence-electron chi connectivity index (χ3n) is 4.49. The van der Waals surface area contributed by atoms with Gasteiger partial charge in [-0.15, -0.1) is 0 Å². The predicted molar refractivity (Wildman–Crippen MR) is 107 cm³/mol. The van der Waals surface area contributed by atoms with E-state index >= 15 is 0 Å². The van der Waals surface area contributed by atoms with E-state index in [0.717, 1.165) is 19.4 Å². The van der Waals surface area contributed by atoms with Gasteiger partial charge in [-0.1, -0.05) is 25.5 Å². The van der Waals surface area contributed by atoms with Gasteiger partial charge in [-0.25, -0.2) is 9.59 Å². The number of carbonyl (C=O) groups is 2. The van der Waals surface area contributed by atoms with Gasteiger partial charge in [0.1, 0.15) is 23.7 Å². The Morgan fingerprint density at radius 2 is 1.62 bits per heavy atom. The lowest BCUT2D eigenvalue weighted by Crippen LogP contribution is -2.11. The molecule has 0 amide bonds. The SMILES string of the molecule is CCCCOCCOCCOc1cccc2c(OCC)c3c(cc12)C(=O)OC3=O. The van der Waals surface area contributed by atoms with Crippen molar-refractivity contribution in [2.24, 2.45) is 0 Å². The van der Waals surface area contributed by atoms with E-state index in [2.05, 4.69) is 6.92 Å². The predicted octanol–water partition coefficient (Wildman–Crippen LogP) is 3.76. The van der Waals surface area contributed by atoms with Crippen LogP contribution in [0.3, 0.4) is 0 Å². The van der Waals surface area contributed by atoms with Gasteiger partial charge >= 0.3 is 11.9 Å². The molecule has 1 aliphatic rings. The van der Waals surface area contributed by atoms with Gasteiger partial charge in [-0.2, -0.15) is 0 Å². The molecule has 3 rings (SSSR count). The molecule has 2 aromatic rings. The van der Waals surface area contributed by atoms with Gasteiger partial charge in [0.2, 0.25) is 0 Å². The van der Waals surface area contributed by atoms with Crippen LogP contribution in [0.1, 0.15) is 47.4 Å². The maximum atomic E-state index is 12.1. The summed E-state index contributed by atoms with van der Waals surface area (Å²) in [5, 5.41) is 1.38. The van der Waals surface area contributed by atoms with Gasteiger partial charge in [-0.3, -0.25) is 0 Å². The zero-order valence-electron chi connectivity index (χ0n) is 16.8. The fraction of sp³-hybridized carbons (Fsp3) is 0.455. The van der Waals surface area contributed by atoms with Crippen molar-refractivity contribution in [3.8, 4) is 11.5 Å². The fourth-order valence-electron chi connectivity index (χ4n) is 3.12. The number of hydrogen-bond donors (Lipinski definition) is 0. The van der Waals surface area contributed by atoms with Gasteiger partial charge in [0.05, 0.1) is 32.0 Å². The van der Waals surface area contributed by atoms with E-state index < -0.39 is 11.9 Å². The number of cyclic esters (lactones) is 2. The lowest BCUT2D eigenvalue weighted by atomic mass is 10.00. The van der Waals surface area contributed by atoms with Crippen LogP contribution >= 0.6 is 0 Å². The van der Waals surface area contributed by atoms with Crippen LogP contribution in [0.25, 0.3) is 10.8 Å². The maximum Gasteiger partial charge on any atom is 0.350 e. The van der Waals surface area contributed by atoms with E-state index in [4.69, 9.17) is 23.7 Å². The number of esters is 2. The van der Waals surface area contributed by atoms with E-state index in [-0.39, 0.29) is 11.1 Å². The molecule has 0 fully saturated rings.